The van der Waals surface area contributed by atoms with E-state index in [1.165, 1.54) is 11.3 Å². The van der Waals surface area contributed by atoms with Crippen LogP contribution in [-0.2, 0) is 13.6 Å². The van der Waals surface area contributed by atoms with Gasteiger partial charge in [0.2, 0.25) is 0 Å². The van der Waals surface area contributed by atoms with Gasteiger partial charge in [0.25, 0.3) is 0 Å². The predicted octanol–water partition coefficient (Wildman–Crippen LogP) is 3.85. The fraction of sp³-hybridized carbons (Fsp3) is 0.250. The Balaban J connectivity index is 1.87. The first-order chi connectivity index (χ1) is 10.1. The van der Waals surface area contributed by atoms with E-state index < -0.39 is 0 Å². The molecule has 1 aromatic carbocycles. The number of benzene rings is 1. The molecule has 0 amide bonds. The number of nitrogens with one attached hydrogen (secondary N) is 1. The van der Waals surface area contributed by atoms with Crippen LogP contribution in [0.15, 0.2) is 30.3 Å². The standard InChI is InChI=1S/C16H17ClN4/c1-10-13(11(2)21(3)20-10)9-18-15-8-7-12-5-4-6-14(17)16(12)19-15/h4-8H,9H2,1-3H3,(H,18,19). The van der Waals surface area contributed by atoms with Gasteiger partial charge in [-0.1, -0.05) is 23.7 Å². The molecule has 0 saturated carbocycles. The highest BCUT2D eigenvalue weighted by Crippen LogP contribution is 2.23. The molecule has 1 N–H and O–H groups in total. The minimum atomic E-state index is 0.671. The van der Waals surface area contributed by atoms with E-state index in [9.17, 15) is 0 Å². The lowest BCUT2D eigenvalue weighted by molar-refractivity contribution is 0.730. The van der Waals surface area contributed by atoms with Crippen LogP contribution in [0.3, 0.4) is 0 Å². The zero-order valence-corrected chi connectivity index (χ0v) is 13.1. The van der Waals surface area contributed by atoms with E-state index >= 15 is 0 Å². The molecule has 2 heterocycles. The van der Waals surface area contributed by atoms with Crippen LogP contribution in [0.2, 0.25) is 5.02 Å². The van der Waals surface area contributed by atoms with E-state index in [2.05, 4.69) is 22.3 Å². The topological polar surface area (TPSA) is 42.7 Å². The van der Waals surface area contributed by atoms with Crippen LogP contribution in [0.5, 0.6) is 0 Å². The lowest BCUT2D eigenvalue weighted by atomic mass is 10.2. The third-order valence-electron chi connectivity index (χ3n) is 3.78. The number of nitrogens with zero attached hydrogens (tertiary/aromatic N) is 3. The van der Waals surface area contributed by atoms with Crippen molar-refractivity contribution in [3.63, 3.8) is 0 Å². The Hall–Kier alpha value is -2.07. The van der Waals surface area contributed by atoms with Crippen molar-refractivity contribution in [3.8, 4) is 0 Å². The summed E-state index contributed by atoms with van der Waals surface area (Å²) < 4.78 is 1.90. The highest BCUT2D eigenvalue weighted by molar-refractivity contribution is 6.35. The number of fused-ring (bicyclic) bond motifs is 1. The van der Waals surface area contributed by atoms with E-state index in [4.69, 9.17) is 11.6 Å². The van der Waals surface area contributed by atoms with Crippen molar-refractivity contribution in [3.05, 3.63) is 52.3 Å². The fourth-order valence-corrected chi connectivity index (χ4v) is 2.69. The molecule has 3 rings (SSSR count). The van der Waals surface area contributed by atoms with Crippen molar-refractivity contribution >= 4 is 28.3 Å². The van der Waals surface area contributed by atoms with Gasteiger partial charge in [0.1, 0.15) is 5.82 Å². The summed E-state index contributed by atoms with van der Waals surface area (Å²) in [5, 5.41) is 9.49. The van der Waals surface area contributed by atoms with Crippen LogP contribution in [0.4, 0.5) is 5.82 Å². The quantitative estimate of drug-likeness (QED) is 0.799. The highest BCUT2D eigenvalue weighted by atomic mass is 35.5. The van der Waals surface area contributed by atoms with Crippen LogP contribution < -0.4 is 5.32 Å². The largest absolute Gasteiger partial charge is 0.366 e. The Kier molecular flexibility index (Phi) is 3.55. The first kappa shape index (κ1) is 13.9. The fourth-order valence-electron chi connectivity index (χ4n) is 2.46. The Bertz CT molecular complexity index is 807. The maximum Gasteiger partial charge on any atom is 0.126 e. The van der Waals surface area contributed by atoms with Crippen molar-refractivity contribution < 1.29 is 0 Å². The normalized spacial score (nSPS) is 11.0. The molecule has 0 bridgehead atoms. The Morgan fingerprint density at radius 2 is 2.00 bits per heavy atom. The smallest absolute Gasteiger partial charge is 0.126 e. The van der Waals surface area contributed by atoms with Crippen molar-refractivity contribution in [1.29, 1.82) is 0 Å². The summed E-state index contributed by atoms with van der Waals surface area (Å²) in [6, 6.07) is 9.80. The molecule has 0 fully saturated rings. The molecule has 0 saturated heterocycles. The first-order valence-electron chi connectivity index (χ1n) is 6.84. The number of anilines is 1. The number of aryl methyl sites for hydroxylation is 2. The van der Waals surface area contributed by atoms with E-state index in [1.54, 1.807) is 0 Å². The molecule has 2 aromatic heterocycles. The van der Waals surface area contributed by atoms with Gasteiger partial charge < -0.3 is 5.32 Å². The van der Waals surface area contributed by atoms with Gasteiger partial charge in [-0.25, -0.2) is 4.98 Å². The number of hydrogen-bond acceptors (Lipinski definition) is 3. The molecule has 0 radical (unpaired) electrons. The highest BCUT2D eigenvalue weighted by Gasteiger charge is 2.09. The monoisotopic (exact) mass is 300 g/mol. The minimum absolute atomic E-state index is 0.671. The van der Waals surface area contributed by atoms with E-state index in [0.29, 0.717) is 11.6 Å². The second-order valence-corrected chi connectivity index (χ2v) is 5.54. The zero-order valence-electron chi connectivity index (χ0n) is 12.3. The predicted molar refractivity (Wildman–Crippen MR) is 86.8 cm³/mol. The molecule has 0 aliphatic rings. The van der Waals surface area contributed by atoms with Crippen LogP contribution >= 0.6 is 11.6 Å². The van der Waals surface area contributed by atoms with E-state index in [0.717, 1.165) is 22.4 Å². The maximum atomic E-state index is 6.20. The molecular formula is C16H17ClN4. The maximum absolute atomic E-state index is 6.20. The van der Waals surface area contributed by atoms with Crippen molar-refractivity contribution in [2.45, 2.75) is 20.4 Å². The Morgan fingerprint density at radius 3 is 2.71 bits per heavy atom. The molecule has 0 aliphatic heterocycles. The van der Waals surface area contributed by atoms with Gasteiger partial charge in [-0.05, 0) is 32.0 Å². The number of aromatic nitrogens is 3. The summed E-state index contributed by atoms with van der Waals surface area (Å²) in [4.78, 5) is 4.59. The van der Waals surface area contributed by atoms with Gasteiger partial charge in [0.15, 0.2) is 0 Å². The third-order valence-corrected chi connectivity index (χ3v) is 4.08. The van der Waals surface area contributed by atoms with Crippen LogP contribution in [0, 0.1) is 13.8 Å². The Labute approximate surface area is 128 Å². The van der Waals surface area contributed by atoms with Gasteiger partial charge in [0, 0.05) is 30.2 Å². The molecular weight excluding hydrogens is 284 g/mol. The zero-order chi connectivity index (χ0) is 15.0. The number of pyridine rings is 1. The molecule has 3 aromatic rings. The average Bonchev–Trinajstić information content (AvgIpc) is 2.71. The summed E-state index contributed by atoms with van der Waals surface area (Å²) in [5.41, 5.74) is 4.24. The molecule has 0 unspecified atom stereocenters. The molecule has 5 heteroatoms. The number of para-hydroxylation sites is 1. The van der Waals surface area contributed by atoms with Crippen molar-refractivity contribution in [1.82, 2.24) is 14.8 Å². The average molecular weight is 301 g/mol. The van der Waals surface area contributed by atoms with Crippen LogP contribution in [0.1, 0.15) is 17.0 Å². The summed E-state index contributed by atoms with van der Waals surface area (Å²) in [7, 11) is 1.96. The van der Waals surface area contributed by atoms with Crippen molar-refractivity contribution in [2.75, 3.05) is 5.32 Å². The van der Waals surface area contributed by atoms with E-state index in [1.807, 2.05) is 49.0 Å². The number of halogens is 1. The van der Waals surface area contributed by atoms with Gasteiger partial charge in [-0.3, -0.25) is 4.68 Å². The minimum Gasteiger partial charge on any atom is -0.366 e. The lowest BCUT2D eigenvalue weighted by Crippen LogP contribution is -2.04. The van der Waals surface area contributed by atoms with E-state index in [-0.39, 0.29) is 0 Å². The van der Waals surface area contributed by atoms with Gasteiger partial charge >= 0.3 is 0 Å². The SMILES string of the molecule is Cc1nn(C)c(C)c1CNc1ccc2cccc(Cl)c2n1. The van der Waals surface area contributed by atoms with Crippen LogP contribution in [0.25, 0.3) is 10.9 Å². The van der Waals surface area contributed by atoms with Gasteiger partial charge in [-0.2, -0.15) is 5.10 Å². The first-order valence-corrected chi connectivity index (χ1v) is 7.22. The third kappa shape index (κ3) is 2.59. The summed E-state index contributed by atoms with van der Waals surface area (Å²) in [6.45, 7) is 4.80. The molecule has 108 valence electrons. The molecule has 0 spiro atoms. The molecule has 4 nitrogen and oxygen atoms in total. The summed E-state index contributed by atoms with van der Waals surface area (Å²) in [5.74, 6) is 0.818. The number of hydrogen-bond donors (Lipinski definition) is 1. The summed E-state index contributed by atoms with van der Waals surface area (Å²) >= 11 is 6.20. The van der Waals surface area contributed by atoms with Gasteiger partial charge in [-0.15, -0.1) is 0 Å². The summed E-state index contributed by atoms with van der Waals surface area (Å²) in [6.07, 6.45) is 0. The second-order valence-electron chi connectivity index (χ2n) is 5.13. The van der Waals surface area contributed by atoms with Gasteiger partial charge in [0.05, 0.1) is 16.2 Å². The van der Waals surface area contributed by atoms with Crippen LogP contribution in [-0.4, -0.2) is 14.8 Å². The Morgan fingerprint density at radius 1 is 1.19 bits per heavy atom. The molecule has 21 heavy (non-hydrogen) atoms. The molecule has 0 atom stereocenters. The second kappa shape index (κ2) is 5.37. The number of rotatable bonds is 3. The lowest BCUT2D eigenvalue weighted by Gasteiger charge is -2.08. The molecule has 0 aliphatic carbocycles. The van der Waals surface area contributed by atoms with Crippen molar-refractivity contribution in [2.24, 2.45) is 7.05 Å².